The van der Waals surface area contributed by atoms with Gasteiger partial charge in [0.15, 0.2) is 0 Å². The molecule has 0 aromatic heterocycles. The summed E-state index contributed by atoms with van der Waals surface area (Å²) in [6.07, 6.45) is 1.75. The van der Waals surface area contributed by atoms with E-state index < -0.39 is 0 Å². The molecule has 4 heteroatoms. The topological polar surface area (TPSA) is 64.7 Å². The highest BCUT2D eigenvalue weighted by molar-refractivity contribution is 4.56. The molecule has 0 fully saturated rings. The zero-order chi connectivity index (χ0) is 9.94. The van der Waals surface area contributed by atoms with Gasteiger partial charge in [-0.15, -0.1) is 0 Å². The Hall–Kier alpha value is -0.160. The Labute approximate surface area is 80.0 Å². The van der Waals surface area contributed by atoms with Crippen LogP contribution in [0.25, 0.3) is 0 Å². The molecule has 80 valence electrons. The number of hydrogen-bond acceptors (Lipinski definition) is 4. The molecule has 0 aliphatic carbocycles. The normalized spacial score (nSPS) is 13.2. The molecule has 0 spiro atoms. The summed E-state index contributed by atoms with van der Waals surface area (Å²) in [7, 11) is 1.68. The van der Waals surface area contributed by atoms with Crippen molar-refractivity contribution in [2.75, 3.05) is 40.1 Å². The van der Waals surface area contributed by atoms with E-state index in [0.717, 1.165) is 26.1 Å². The number of aliphatic hydroxyl groups excluding tert-OH is 1. The van der Waals surface area contributed by atoms with Gasteiger partial charge < -0.3 is 20.3 Å². The van der Waals surface area contributed by atoms with Crippen LogP contribution in [0.1, 0.15) is 12.8 Å². The van der Waals surface area contributed by atoms with Crippen molar-refractivity contribution >= 4 is 0 Å². The van der Waals surface area contributed by atoms with Crippen molar-refractivity contribution in [2.45, 2.75) is 12.8 Å². The number of rotatable bonds is 9. The Balaban J connectivity index is 3.05. The van der Waals surface area contributed by atoms with Crippen molar-refractivity contribution in [1.29, 1.82) is 0 Å². The first-order chi connectivity index (χ1) is 6.35. The quantitative estimate of drug-likeness (QED) is 0.503. The van der Waals surface area contributed by atoms with E-state index in [2.05, 4.69) is 0 Å². The van der Waals surface area contributed by atoms with Crippen molar-refractivity contribution < 1.29 is 14.6 Å². The van der Waals surface area contributed by atoms with Gasteiger partial charge in [-0.05, 0) is 25.3 Å². The molecule has 0 amide bonds. The summed E-state index contributed by atoms with van der Waals surface area (Å²) < 4.78 is 10.2. The van der Waals surface area contributed by atoms with E-state index >= 15 is 0 Å². The van der Waals surface area contributed by atoms with E-state index in [1.165, 1.54) is 0 Å². The number of hydrogen-bond donors (Lipinski definition) is 2. The molecule has 0 saturated heterocycles. The average Bonchev–Trinajstić information content (AvgIpc) is 2.17. The predicted octanol–water partition coefficient (Wildman–Crippen LogP) is -0.00320. The zero-order valence-electron chi connectivity index (χ0n) is 8.37. The third kappa shape index (κ3) is 8.18. The minimum absolute atomic E-state index is 0.151. The zero-order valence-corrected chi connectivity index (χ0v) is 8.37. The highest BCUT2D eigenvalue weighted by atomic mass is 16.5. The molecule has 13 heavy (non-hydrogen) atoms. The summed E-state index contributed by atoms with van der Waals surface area (Å²) in [4.78, 5) is 0. The smallest absolute Gasteiger partial charge is 0.0487 e. The molecule has 0 radical (unpaired) electrons. The molecule has 3 N–H and O–H groups in total. The van der Waals surface area contributed by atoms with Crippen LogP contribution in [0.3, 0.4) is 0 Å². The maximum atomic E-state index is 8.81. The lowest BCUT2D eigenvalue weighted by Gasteiger charge is -2.10. The van der Waals surface area contributed by atoms with Gasteiger partial charge >= 0.3 is 0 Å². The average molecular weight is 191 g/mol. The van der Waals surface area contributed by atoms with Gasteiger partial charge in [0.25, 0.3) is 0 Å². The second-order valence-electron chi connectivity index (χ2n) is 3.03. The van der Waals surface area contributed by atoms with Gasteiger partial charge in [0.05, 0.1) is 0 Å². The number of aliphatic hydroxyl groups is 1. The van der Waals surface area contributed by atoms with Gasteiger partial charge in [-0.1, -0.05) is 0 Å². The van der Waals surface area contributed by atoms with Gasteiger partial charge in [0, 0.05) is 33.5 Å². The van der Waals surface area contributed by atoms with Crippen molar-refractivity contribution in [2.24, 2.45) is 11.7 Å². The van der Waals surface area contributed by atoms with Gasteiger partial charge in [0.1, 0.15) is 0 Å². The lowest BCUT2D eigenvalue weighted by atomic mass is 10.1. The monoisotopic (exact) mass is 191 g/mol. The molecule has 4 nitrogen and oxygen atoms in total. The summed E-state index contributed by atoms with van der Waals surface area (Å²) in [6, 6.07) is 0. The van der Waals surface area contributed by atoms with E-state index in [-0.39, 0.29) is 12.5 Å². The molecule has 0 aliphatic rings. The highest BCUT2D eigenvalue weighted by Gasteiger charge is 2.03. The maximum Gasteiger partial charge on any atom is 0.0487 e. The van der Waals surface area contributed by atoms with Crippen LogP contribution in [-0.2, 0) is 9.47 Å². The Bertz CT molecular complexity index is 96.9. The van der Waals surface area contributed by atoms with Gasteiger partial charge in [-0.25, -0.2) is 0 Å². The number of nitrogens with two attached hydrogens (primary N) is 1. The summed E-state index contributed by atoms with van der Waals surface area (Å²) >= 11 is 0. The van der Waals surface area contributed by atoms with Crippen LogP contribution in [-0.4, -0.2) is 45.2 Å². The highest BCUT2D eigenvalue weighted by Crippen LogP contribution is 1.99. The van der Waals surface area contributed by atoms with Gasteiger partial charge in [-0.2, -0.15) is 0 Å². The van der Waals surface area contributed by atoms with Gasteiger partial charge in [-0.3, -0.25) is 0 Å². The Morgan fingerprint density at radius 2 is 2.08 bits per heavy atom. The second-order valence-corrected chi connectivity index (χ2v) is 3.03. The van der Waals surface area contributed by atoms with Crippen LogP contribution >= 0.6 is 0 Å². The molecule has 1 unspecified atom stereocenters. The summed E-state index contributed by atoms with van der Waals surface area (Å²) in [5.41, 5.74) is 5.41. The lowest BCUT2D eigenvalue weighted by molar-refractivity contribution is 0.0868. The fourth-order valence-corrected chi connectivity index (χ4v) is 0.941. The maximum absolute atomic E-state index is 8.81. The van der Waals surface area contributed by atoms with Crippen LogP contribution in [0.5, 0.6) is 0 Å². The molecule has 0 aliphatic heterocycles. The van der Waals surface area contributed by atoms with Gasteiger partial charge in [0.2, 0.25) is 0 Å². The van der Waals surface area contributed by atoms with Crippen molar-refractivity contribution in [1.82, 2.24) is 0 Å². The number of ether oxygens (including phenoxy) is 2. The molecule has 0 saturated carbocycles. The van der Waals surface area contributed by atoms with E-state index in [9.17, 15) is 0 Å². The van der Waals surface area contributed by atoms with Crippen LogP contribution in [0.4, 0.5) is 0 Å². The third-order valence-corrected chi connectivity index (χ3v) is 1.90. The van der Waals surface area contributed by atoms with Crippen LogP contribution < -0.4 is 5.73 Å². The van der Waals surface area contributed by atoms with Crippen molar-refractivity contribution in [3.8, 4) is 0 Å². The first-order valence-electron chi connectivity index (χ1n) is 4.72. The van der Waals surface area contributed by atoms with Crippen LogP contribution in [0.15, 0.2) is 0 Å². The largest absolute Gasteiger partial charge is 0.396 e. The fraction of sp³-hybridized carbons (Fsp3) is 1.00. The number of methoxy groups -OCH3 is 1. The van der Waals surface area contributed by atoms with Crippen molar-refractivity contribution in [3.63, 3.8) is 0 Å². The van der Waals surface area contributed by atoms with Crippen LogP contribution in [0, 0.1) is 5.92 Å². The van der Waals surface area contributed by atoms with Crippen molar-refractivity contribution in [3.05, 3.63) is 0 Å². The Morgan fingerprint density at radius 3 is 2.62 bits per heavy atom. The molecule has 0 heterocycles. The fourth-order valence-electron chi connectivity index (χ4n) is 0.941. The molecular formula is C9H21NO3. The van der Waals surface area contributed by atoms with E-state index in [0.29, 0.717) is 13.2 Å². The molecule has 1 atom stereocenters. The Morgan fingerprint density at radius 1 is 1.31 bits per heavy atom. The minimum Gasteiger partial charge on any atom is -0.396 e. The summed E-state index contributed by atoms with van der Waals surface area (Å²) in [5.74, 6) is 0.183. The third-order valence-electron chi connectivity index (χ3n) is 1.90. The van der Waals surface area contributed by atoms with E-state index in [4.69, 9.17) is 20.3 Å². The second kappa shape index (κ2) is 9.92. The molecule has 0 bridgehead atoms. The van der Waals surface area contributed by atoms with E-state index in [1.807, 2.05) is 0 Å². The van der Waals surface area contributed by atoms with E-state index in [1.54, 1.807) is 7.11 Å². The summed E-state index contributed by atoms with van der Waals surface area (Å²) in [6.45, 7) is 2.80. The molecular weight excluding hydrogens is 170 g/mol. The SMILES string of the molecule is COCCCOCCC(CN)CO. The molecule has 0 aromatic rings. The minimum atomic E-state index is 0.151. The standard InChI is InChI=1S/C9H21NO3/c1-12-4-2-5-13-6-3-9(7-10)8-11/h9,11H,2-8,10H2,1H3. The lowest BCUT2D eigenvalue weighted by Crippen LogP contribution is -2.20. The first-order valence-corrected chi connectivity index (χ1v) is 4.72. The summed E-state index contributed by atoms with van der Waals surface area (Å²) in [5, 5.41) is 8.81. The first kappa shape index (κ1) is 12.8. The molecule has 0 rings (SSSR count). The Kier molecular flexibility index (Phi) is 9.80. The molecule has 0 aromatic carbocycles. The predicted molar refractivity (Wildman–Crippen MR) is 51.6 cm³/mol. The van der Waals surface area contributed by atoms with Crippen LogP contribution in [0.2, 0.25) is 0 Å².